The number of para-hydroxylation sites is 1. The average molecular weight is 221 g/mol. The van der Waals surface area contributed by atoms with Gasteiger partial charge in [-0.3, -0.25) is 0 Å². The van der Waals surface area contributed by atoms with E-state index in [-0.39, 0.29) is 0 Å². The van der Waals surface area contributed by atoms with Crippen LogP contribution in [0, 0.1) is 0 Å². The van der Waals surface area contributed by atoms with Gasteiger partial charge in [-0.2, -0.15) is 0 Å². The minimum atomic E-state index is 0.925. The molecule has 1 radical (unpaired) electrons. The molecule has 1 aromatic carbocycles. The molecule has 0 spiro atoms. The van der Waals surface area contributed by atoms with Gasteiger partial charge in [0.25, 0.3) is 0 Å². The van der Waals surface area contributed by atoms with Crippen molar-refractivity contribution < 1.29 is 0 Å². The van der Waals surface area contributed by atoms with Gasteiger partial charge in [-0.15, -0.1) is 0 Å². The van der Waals surface area contributed by atoms with Crippen LogP contribution in [-0.4, -0.2) is 21.0 Å². The van der Waals surface area contributed by atoms with Crippen LogP contribution in [0.5, 0.6) is 0 Å². The van der Waals surface area contributed by atoms with Gasteiger partial charge in [0.05, 0.1) is 0 Å². The van der Waals surface area contributed by atoms with E-state index in [1.165, 1.54) is 10.9 Å². The first-order chi connectivity index (χ1) is 5.92. The fourth-order valence-corrected chi connectivity index (χ4v) is 1.77. The van der Waals surface area contributed by atoms with Crippen molar-refractivity contribution in [3.05, 3.63) is 42.1 Å². The van der Waals surface area contributed by atoms with E-state index in [2.05, 4.69) is 45.3 Å². The molecule has 0 saturated carbocycles. The van der Waals surface area contributed by atoms with E-state index < -0.39 is 0 Å². The van der Waals surface area contributed by atoms with Crippen molar-refractivity contribution >= 4 is 26.9 Å². The van der Waals surface area contributed by atoms with Crippen molar-refractivity contribution in [2.45, 2.75) is 5.32 Å². The number of pyridine rings is 1. The second-order valence-electron chi connectivity index (χ2n) is 2.64. The Labute approximate surface area is 79.6 Å². The summed E-state index contributed by atoms with van der Waals surface area (Å²) in [7, 11) is 0. The SMILES string of the molecule is [Se]Cc1cccc2cccnc12. The molecule has 0 N–H and O–H groups in total. The molecule has 0 saturated heterocycles. The number of hydrogen-bond acceptors (Lipinski definition) is 1. The third-order valence-corrected chi connectivity index (χ3v) is 2.52. The Morgan fingerprint density at radius 2 is 2.00 bits per heavy atom. The molecular formula is C10H8NSe. The first-order valence-corrected chi connectivity index (χ1v) is 5.03. The summed E-state index contributed by atoms with van der Waals surface area (Å²) in [5, 5.41) is 2.14. The molecule has 0 amide bonds. The normalized spacial score (nSPS) is 10.4. The molecule has 59 valence electrons. The van der Waals surface area contributed by atoms with Crippen molar-refractivity contribution in [2.24, 2.45) is 0 Å². The van der Waals surface area contributed by atoms with E-state index in [0.717, 1.165) is 10.8 Å². The molecule has 2 aromatic rings. The van der Waals surface area contributed by atoms with E-state index in [9.17, 15) is 0 Å². The van der Waals surface area contributed by atoms with Crippen molar-refractivity contribution in [1.82, 2.24) is 4.98 Å². The Hall–Kier alpha value is -0.851. The summed E-state index contributed by atoms with van der Waals surface area (Å²) in [6, 6.07) is 10.3. The maximum absolute atomic E-state index is 4.33. The van der Waals surface area contributed by atoms with Gasteiger partial charge >= 0.3 is 79.3 Å². The summed E-state index contributed by atoms with van der Waals surface area (Å²) < 4.78 is 0. The van der Waals surface area contributed by atoms with Gasteiger partial charge in [-0.1, -0.05) is 0 Å². The van der Waals surface area contributed by atoms with Gasteiger partial charge in [-0.25, -0.2) is 0 Å². The van der Waals surface area contributed by atoms with Crippen LogP contribution < -0.4 is 0 Å². The van der Waals surface area contributed by atoms with Crippen LogP contribution in [0.2, 0.25) is 0 Å². The first kappa shape index (κ1) is 7.78. The van der Waals surface area contributed by atoms with Crippen LogP contribution >= 0.6 is 0 Å². The Kier molecular flexibility index (Phi) is 2.11. The predicted molar refractivity (Wildman–Crippen MR) is 51.2 cm³/mol. The fraction of sp³-hybridized carbons (Fsp3) is 0.100. The molecule has 1 heterocycles. The number of benzene rings is 1. The van der Waals surface area contributed by atoms with E-state index in [1.807, 2.05) is 12.3 Å². The third kappa shape index (κ3) is 1.24. The molecule has 0 aliphatic heterocycles. The van der Waals surface area contributed by atoms with Gasteiger partial charge < -0.3 is 0 Å². The zero-order valence-corrected chi connectivity index (χ0v) is 8.24. The summed E-state index contributed by atoms with van der Waals surface area (Å²) in [5.74, 6) is 0. The summed E-state index contributed by atoms with van der Waals surface area (Å²) in [6.07, 6.45) is 1.83. The van der Waals surface area contributed by atoms with Crippen molar-refractivity contribution in [1.29, 1.82) is 0 Å². The van der Waals surface area contributed by atoms with Crippen molar-refractivity contribution in [3.63, 3.8) is 0 Å². The molecule has 0 atom stereocenters. The van der Waals surface area contributed by atoms with E-state index in [0.29, 0.717) is 0 Å². The Morgan fingerprint density at radius 1 is 1.17 bits per heavy atom. The number of nitrogens with zero attached hydrogens (tertiary/aromatic N) is 1. The second-order valence-corrected chi connectivity index (χ2v) is 3.24. The van der Waals surface area contributed by atoms with Crippen LogP contribution in [0.4, 0.5) is 0 Å². The molecule has 0 fully saturated rings. The second kappa shape index (κ2) is 3.26. The molecule has 0 aliphatic rings. The van der Waals surface area contributed by atoms with Crippen molar-refractivity contribution in [2.75, 3.05) is 0 Å². The quantitative estimate of drug-likeness (QED) is 0.670. The van der Waals surface area contributed by atoms with E-state index in [1.54, 1.807) is 0 Å². The van der Waals surface area contributed by atoms with Crippen LogP contribution in [0.15, 0.2) is 36.5 Å². The van der Waals surface area contributed by atoms with Crippen molar-refractivity contribution in [3.8, 4) is 0 Å². The first-order valence-electron chi connectivity index (χ1n) is 3.82. The summed E-state index contributed by atoms with van der Waals surface area (Å²) in [6.45, 7) is 0. The van der Waals surface area contributed by atoms with Crippen LogP contribution in [0.3, 0.4) is 0 Å². The predicted octanol–water partition coefficient (Wildman–Crippen LogP) is 1.90. The Bertz CT molecular complexity index is 392. The minimum absolute atomic E-state index is 0.925. The standard InChI is InChI=1S/C10H8NSe/c12-7-9-4-1-3-8-5-2-6-11-10(8)9/h1-6H,7H2. The molecule has 0 aliphatic carbocycles. The average Bonchev–Trinajstić information content (AvgIpc) is 2.17. The van der Waals surface area contributed by atoms with Crippen LogP contribution in [-0.2, 0) is 5.32 Å². The summed E-state index contributed by atoms with van der Waals surface area (Å²) >= 11 is 3.01. The van der Waals surface area contributed by atoms with Gasteiger partial charge in [-0.05, 0) is 0 Å². The van der Waals surface area contributed by atoms with E-state index >= 15 is 0 Å². The molecule has 1 nitrogen and oxygen atoms in total. The number of hydrogen-bond donors (Lipinski definition) is 0. The number of rotatable bonds is 1. The monoisotopic (exact) mass is 222 g/mol. The molecule has 0 unspecified atom stereocenters. The van der Waals surface area contributed by atoms with E-state index in [4.69, 9.17) is 0 Å². The fourth-order valence-electron chi connectivity index (χ4n) is 1.28. The topological polar surface area (TPSA) is 12.9 Å². The maximum atomic E-state index is 4.33. The summed E-state index contributed by atoms with van der Waals surface area (Å²) in [5.41, 5.74) is 2.38. The zero-order valence-electron chi connectivity index (χ0n) is 6.53. The third-order valence-electron chi connectivity index (χ3n) is 1.87. The molecule has 2 heteroatoms. The molecule has 12 heavy (non-hydrogen) atoms. The van der Waals surface area contributed by atoms with Crippen LogP contribution in [0.1, 0.15) is 5.56 Å². The van der Waals surface area contributed by atoms with Gasteiger partial charge in [0.1, 0.15) is 0 Å². The van der Waals surface area contributed by atoms with Crippen LogP contribution in [0.25, 0.3) is 10.9 Å². The number of fused-ring (bicyclic) bond motifs is 1. The zero-order chi connectivity index (χ0) is 8.39. The molecular weight excluding hydrogens is 213 g/mol. The van der Waals surface area contributed by atoms with Gasteiger partial charge in [0.15, 0.2) is 0 Å². The molecule has 1 aromatic heterocycles. The number of aromatic nitrogens is 1. The molecule has 0 bridgehead atoms. The van der Waals surface area contributed by atoms with Gasteiger partial charge in [0.2, 0.25) is 0 Å². The summed E-state index contributed by atoms with van der Waals surface area (Å²) in [4.78, 5) is 4.33. The van der Waals surface area contributed by atoms with Gasteiger partial charge in [0, 0.05) is 0 Å². The Balaban J connectivity index is 2.79. The molecule has 2 rings (SSSR count). The Morgan fingerprint density at radius 3 is 2.83 bits per heavy atom.